The Morgan fingerprint density at radius 1 is 0.966 bits per heavy atom. The van der Waals surface area contributed by atoms with Gasteiger partial charge in [-0.2, -0.15) is 5.26 Å². The summed E-state index contributed by atoms with van der Waals surface area (Å²) in [5.41, 5.74) is 4.33. The van der Waals surface area contributed by atoms with E-state index in [1.165, 1.54) is 19.3 Å². The lowest BCUT2D eigenvalue weighted by atomic mass is 9.98. The second kappa shape index (κ2) is 10.7. The maximum Gasteiger partial charge on any atom is 0.126 e. The minimum absolute atomic E-state index is 0.620. The average Bonchev–Trinajstić information content (AvgIpc) is 2.79. The van der Waals surface area contributed by atoms with E-state index in [4.69, 9.17) is 9.72 Å². The Bertz CT molecular complexity index is 980. The third-order valence-electron chi connectivity index (χ3n) is 4.80. The van der Waals surface area contributed by atoms with Crippen LogP contribution < -0.4 is 4.74 Å². The van der Waals surface area contributed by atoms with E-state index in [2.05, 4.69) is 25.1 Å². The molecule has 0 aliphatic carbocycles. The molecular formula is C25H26N2OS. The van der Waals surface area contributed by atoms with Crippen LogP contribution in [0.15, 0.2) is 65.7 Å². The quantitative estimate of drug-likeness (QED) is 0.286. The number of rotatable bonds is 9. The van der Waals surface area contributed by atoms with Crippen LogP contribution in [-0.4, -0.2) is 17.8 Å². The van der Waals surface area contributed by atoms with Crippen LogP contribution in [0.4, 0.5) is 0 Å². The highest BCUT2D eigenvalue weighted by atomic mass is 32.2. The Hall–Kier alpha value is -2.77. The van der Waals surface area contributed by atoms with Gasteiger partial charge in [0, 0.05) is 16.7 Å². The third kappa shape index (κ3) is 5.19. The van der Waals surface area contributed by atoms with Gasteiger partial charge in [0.05, 0.1) is 18.4 Å². The zero-order chi connectivity index (χ0) is 20.5. The maximum absolute atomic E-state index is 9.98. The van der Waals surface area contributed by atoms with Crippen LogP contribution in [0, 0.1) is 11.3 Å². The summed E-state index contributed by atoms with van der Waals surface area (Å²) < 4.78 is 5.57. The summed E-state index contributed by atoms with van der Waals surface area (Å²) in [4.78, 5) is 4.87. The number of hydrogen-bond acceptors (Lipinski definition) is 4. The summed E-state index contributed by atoms with van der Waals surface area (Å²) in [6.45, 7) is 2.21. The normalized spacial score (nSPS) is 10.5. The highest BCUT2D eigenvalue weighted by Gasteiger charge is 2.18. The van der Waals surface area contributed by atoms with Gasteiger partial charge in [0.2, 0.25) is 0 Å². The molecule has 4 heteroatoms. The lowest BCUT2D eigenvalue weighted by molar-refractivity contribution is 0.416. The van der Waals surface area contributed by atoms with Crippen LogP contribution in [0.3, 0.4) is 0 Å². The number of ether oxygens (including phenoxy) is 1. The second-order valence-corrected chi connectivity index (χ2v) is 7.91. The van der Waals surface area contributed by atoms with Gasteiger partial charge in [-0.25, -0.2) is 4.98 Å². The van der Waals surface area contributed by atoms with E-state index in [0.29, 0.717) is 5.56 Å². The van der Waals surface area contributed by atoms with Gasteiger partial charge in [0.15, 0.2) is 0 Å². The number of hydrogen-bond donors (Lipinski definition) is 0. The molecule has 0 aliphatic rings. The fraction of sp³-hybridized carbons (Fsp3) is 0.280. The number of nitrogens with zero attached hydrogens (tertiary/aromatic N) is 2. The SMILES string of the molecule is CCCCCCSc1nc(-c2ccccc2)cc(-c2ccccc2OC)c1C#N. The summed E-state index contributed by atoms with van der Waals surface area (Å²) in [7, 11) is 1.66. The van der Waals surface area contributed by atoms with Crippen molar-refractivity contribution in [3.05, 3.63) is 66.2 Å². The molecule has 1 aromatic heterocycles. The van der Waals surface area contributed by atoms with Crippen LogP contribution in [0.5, 0.6) is 5.75 Å². The molecule has 0 spiro atoms. The van der Waals surface area contributed by atoms with Crippen LogP contribution in [0.1, 0.15) is 38.2 Å². The molecule has 1 heterocycles. The molecule has 0 saturated heterocycles. The van der Waals surface area contributed by atoms with E-state index in [0.717, 1.165) is 45.3 Å². The lowest BCUT2D eigenvalue weighted by Gasteiger charge is -2.14. The van der Waals surface area contributed by atoms with Crippen molar-refractivity contribution in [3.8, 4) is 34.2 Å². The summed E-state index contributed by atoms with van der Waals surface area (Å²) in [6.07, 6.45) is 4.80. The summed E-state index contributed by atoms with van der Waals surface area (Å²) in [5.74, 6) is 1.72. The smallest absolute Gasteiger partial charge is 0.126 e. The number of aromatic nitrogens is 1. The molecule has 0 N–H and O–H groups in total. The van der Waals surface area contributed by atoms with Gasteiger partial charge in [0.25, 0.3) is 0 Å². The van der Waals surface area contributed by atoms with Crippen molar-refractivity contribution in [2.45, 2.75) is 37.6 Å². The van der Waals surface area contributed by atoms with Crippen molar-refractivity contribution >= 4 is 11.8 Å². The number of nitriles is 1. The molecule has 0 fully saturated rings. The number of para-hydroxylation sites is 1. The van der Waals surface area contributed by atoms with Crippen LogP contribution >= 0.6 is 11.8 Å². The number of pyridine rings is 1. The van der Waals surface area contributed by atoms with Gasteiger partial charge < -0.3 is 4.74 Å². The van der Waals surface area contributed by atoms with Crippen molar-refractivity contribution in [1.29, 1.82) is 5.26 Å². The van der Waals surface area contributed by atoms with Crippen molar-refractivity contribution in [2.24, 2.45) is 0 Å². The fourth-order valence-corrected chi connectivity index (χ4v) is 4.27. The van der Waals surface area contributed by atoms with E-state index in [1.807, 2.05) is 48.5 Å². The minimum atomic E-state index is 0.620. The second-order valence-electron chi connectivity index (χ2n) is 6.82. The molecule has 0 atom stereocenters. The molecule has 0 amide bonds. The molecule has 0 bridgehead atoms. The largest absolute Gasteiger partial charge is 0.496 e. The molecule has 3 nitrogen and oxygen atoms in total. The number of benzene rings is 2. The average molecular weight is 403 g/mol. The predicted molar refractivity (Wildman–Crippen MR) is 121 cm³/mol. The standard InChI is InChI=1S/C25H26N2OS/c1-3-4-5-11-16-29-25-22(18-26)21(20-14-9-10-15-24(20)28-2)17-23(27-25)19-12-7-6-8-13-19/h6-10,12-15,17H,3-5,11,16H2,1-2H3. The first-order valence-corrected chi connectivity index (χ1v) is 11.0. The Kier molecular flexibility index (Phi) is 7.72. The van der Waals surface area contributed by atoms with Gasteiger partial charge in [-0.05, 0) is 24.3 Å². The predicted octanol–water partition coefficient (Wildman–Crippen LogP) is 6.97. The molecule has 0 aliphatic heterocycles. The summed E-state index contributed by atoms with van der Waals surface area (Å²) >= 11 is 1.68. The van der Waals surface area contributed by atoms with Crippen molar-refractivity contribution < 1.29 is 4.74 Å². The van der Waals surface area contributed by atoms with E-state index in [9.17, 15) is 5.26 Å². The Labute approximate surface area is 177 Å². The first-order chi connectivity index (χ1) is 14.3. The zero-order valence-electron chi connectivity index (χ0n) is 17.0. The minimum Gasteiger partial charge on any atom is -0.496 e. The topological polar surface area (TPSA) is 45.9 Å². The highest BCUT2D eigenvalue weighted by Crippen LogP contribution is 2.38. The summed E-state index contributed by atoms with van der Waals surface area (Å²) in [5, 5.41) is 10.8. The molecular weight excluding hydrogens is 376 g/mol. The van der Waals surface area contributed by atoms with E-state index < -0.39 is 0 Å². The van der Waals surface area contributed by atoms with Gasteiger partial charge in [-0.15, -0.1) is 11.8 Å². The molecule has 2 aromatic carbocycles. The number of unbranched alkanes of at least 4 members (excludes halogenated alkanes) is 3. The molecule has 0 saturated carbocycles. The lowest BCUT2D eigenvalue weighted by Crippen LogP contribution is -1.98. The highest BCUT2D eigenvalue weighted by molar-refractivity contribution is 7.99. The maximum atomic E-state index is 9.98. The van der Waals surface area contributed by atoms with Crippen LogP contribution in [0.2, 0.25) is 0 Å². The zero-order valence-corrected chi connectivity index (χ0v) is 17.8. The molecule has 148 valence electrons. The molecule has 3 aromatic rings. The van der Waals surface area contributed by atoms with Crippen molar-refractivity contribution in [3.63, 3.8) is 0 Å². The van der Waals surface area contributed by atoms with E-state index >= 15 is 0 Å². The summed E-state index contributed by atoms with van der Waals surface area (Å²) in [6, 6.07) is 22.4. The van der Waals surface area contributed by atoms with Crippen molar-refractivity contribution in [2.75, 3.05) is 12.9 Å². The first-order valence-electron chi connectivity index (χ1n) is 10.0. The fourth-order valence-electron chi connectivity index (χ4n) is 3.27. The molecule has 29 heavy (non-hydrogen) atoms. The van der Waals surface area contributed by atoms with Gasteiger partial charge in [-0.3, -0.25) is 0 Å². The first kappa shape index (κ1) is 21.0. The van der Waals surface area contributed by atoms with E-state index in [1.54, 1.807) is 18.9 Å². The Morgan fingerprint density at radius 2 is 1.72 bits per heavy atom. The van der Waals surface area contributed by atoms with Gasteiger partial charge in [0.1, 0.15) is 16.8 Å². The van der Waals surface area contributed by atoms with Crippen LogP contribution in [-0.2, 0) is 0 Å². The number of methoxy groups -OCH3 is 1. The monoisotopic (exact) mass is 402 g/mol. The molecule has 3 rings (SSSR count). The van der Waals surface area contributed by atoms with Crippen molar-refractivity contribution in [1.82, 2.24) is 4.98 Å². The van der Waals surface area contributed by atoms with Gasteiger partial charge >= 0.3 is 0 Å². The Morgan fingerprint density at radius 3 is 2.45 bits per heavy atom. The Balaban J connectivity index is 2.08. The molecule has 0 unspecified atom stereocenters. The third-order valence-corrected chi connectivity index (χ3v) is 5.86. The molecule has 0 radical (unpaired) electrons. The number of thioether (sulfide) groups is 1. The van der Waals surface area contributed by atoms with Gasteiger partial charge in [-0.1, -0.05) is 74.7 Å². The van der Waals surface area contributed by atoms with Crippen LogP contribution in [0.25, 0.3) is 22.4 Å². The van der Waals surface area contributed by atoms with E-state index in [-0.39, 0.29) is 0 Å².